The summed E-state index contributed by atoms with van der Waals surface area (Å²) in [6, 6.07) is 12.7. The summed E-state index contributed by atoms with van der Waals surface area (Å²) in [5.74, 6) is 0.936. The lowest BCUT2D eigenvalue weighted by Gasteiger charge is -2.14. The maximum absolute atomic E-state index is 5.73. The van der Waals surface area contributed by atoms with E-state index in [1.165, 1.54) is 10.4 Å². The molecule has 1 aromatic carbocycles. The molecule has 18 heavy (non-hydrogen) atoms. The van der Waals surface area contributed by atoms with Gasteiger partial charge in [-0.1, -0.05) is 23.8 Å². The second-order valence-electron chi connectivity index (χ2n) is 4.49. The van der Waals surface area contributed by atoms with Crippen molar-refractivity contribution >= 4 is 11.3 Å². The van der Waals surface area contributed by atoms with Crippen molar-refractivity contribution in [3.05, 3.63) is 52.2 Å². The molecule has 0 saturated heterocycles. The Bertz CT molecular complexity index is 450. The van der Waals surface area contributed by atoms with Gasteiger partial charge in [0, 0.05) is 17.5 Å². The van der Waals surface area contributed by atoms with E-state index in [1.54, 1.807) is 11.3 Å². The third-order valence-corrected chi connectivity index (χ3v) is 3.60. The number of nitrogens with one attached hydrogen (secondary N) is 1. The molecule has 0 spiro atoms. The Morgan fingerprint density at radius 1 is 1.22 bits per heavy atom. The first-order valence-electron chi connectivity index (χ1n) is 6.19. The van der Waals surface area contributed by atoms with Crippen molar-refractivity contribution in [2.24, 2.45) is 0 Å². The molecule has 0 amide bonds. The molecule has 2 aromatic rings. The van der Waals surface area contributed by atoms with Gasteiger partial charge in [0.1, 0.15) is 12.4 Å². The first-order valence-corrected chi connectivity index (χ1v) is 7.07. The van der Waals surface area contributed by atoms with Crippen LogP contribution in [0.5, 0.6) is 5.75 Å². The van der Waals surface area contributed by atoms with E-state index in [2.05, 4.69) is 48.8 Å². The molecule has 0 aliphatic heterocycles. The van der Waals surface area contributed by atoms with Crippen molar-refractivity contribution in [1.29, 1.82) is 0 Å². The van der Waals surface area contributed by atoms with Gasteiger partial charge in [0.15, 0.2) is 0 Å². The molecule has 0 fully saturated rings. The summed E-state index contributed by atoms with van der Waals surface area (Å²) in [5.41, 5.74) is 1.26. The van der Waals surface area contributed by atoms with Crippen molar-refractivity contribution in [3.8, 4) is 5.75 Å². The topological polar surface area (TPSA) is 21.3 Å². The van der Waals surface area contributed by atoms with Crippen molar-refractivity contribution in [2.45, 2.75) is 26.4 Å². The number of hydrogen-bond acceptors (Lipinski definition) is 3. The number of thiophene rings is 1. The fourth-order valence-corrected chi connectivity index (χ4v) is 2.26. The number of hydrogen-bond donors (Lipinski definition) is 1. The SMILES string of the molecule is Cc1ccc(OCC(C)NCc2cccs2)cc1. The quantitative estimate of drug-likeness (QED) is 0.857. The summed E-state index contributed by atoms with van der Waals surface area (Å²) < 4.78 is 5.73. The molecule has 1 N–H and O–H groups in total. The molecular weight excluding hydrogens is 242 g/mol. The van der Waals surface area contributed by atoms with Gasteiger partial charge < -0.3 is 10.1 Å². The van der Waals surface area contributed by atoms with Gasteiger partial charge in [-0.3, -0.25) is 0 Å². The molecule has 1 unspecified atom stereocenters. The Morgan fingerprint density at radius 2 is 2.00 bits per heavy atom. The number of aryl methyl sites for hydroxylation is 1. The van der Waals surface area contributed by atoms with Gasteiger partial charge in [0.25, 0.3) is 0 Å². The highest BCUT2D eigenvalue weighted by Crippen LogP contribution is 2.12. The van der Waals surface area contributed by atoms with Gasteiger partial charge in [-0.15, -0.1) is 11.3 Å². The minimum absolute atomic E-state index is 0.341. The Hall–Kier alpha value is -1.32. The highest BCUT2D eigenvalue weighted by molar-refractivity contribution is 7.09. The summed E-state index contributed by atoms with van der Waals surface area (Å²) in [6.45, 7) is 5.82. The lowest BCUT2D eigenvalue weighted by atomic mass is 10.2. The van der Waals surface area contributed by atoms with Gasteiger partial charge in [0.2, 0.25) is 0 Å². The fourth-order valence-electron chi connectivity index (χ4n) is 1.60. The van der Waals surface area contributed by atoms with Crippen molar-refractivity contribution in [1.82, 2.24) is 5.32 Å². The molecule has 0 aliphatic carbocycles. The lowest BCUT2D eigenvalue weighted by Crippen LogP contribution is -2.31. The van der Waals surface area contributed by atoms with E-state index in [9.17, 15) is 0 Å². The lowest BCUT2D eigenvalue weighted by molar-refractivity contribution is 0.273. The predicted molar refractivity (Wildman–Crippen MR) is 77.3 cm³/mol. The predicted octanol–water partition coefficient (Wildman–Crippen LogP) is 3.61. The average molecular weight is 261 g/mol. The maximum atomic E-state index is 5.73. The van der Waals surface area contributed by atoms with Crippen LogP contribution in [0.25, 0.3) is 0 Å². The molecule has 0 radical (unpaired) electrons. The monoisotopic (exact) mass is 261 g/mol. The smallest absolute Gasteiger partial charge is 0.119 e. The van der Waals surface area contributed by atoms with Gasteiger partial charge in [-0.25, -0.2) is 0 Å². The van der Waals surface area contributed by atoms with Crippen LogP contribution < -0.4 is 10.1 Å². The van der Waals surface area contributed by atoms with Crippen molar-refractivity contribution in [2.75, 3.05) is 6.61 Å². The van der Waals surface area contributed by atoms with E-state index in [4.69, 9.17) is 4.74 Å². The Morgan fingerprint density at radius 3 is 2.67 bits per heavy atom. The van der Waals surface area contributed by atoms with Crippen LogP contribution in [0.3, 0.4) is 0 Å². The van der Waals surface area contributed by atoms with E-state index >= 15 is 0 Å². The van der Waals surface area contributed by atoms with E-state index < -0.39 is 0 Å². The van der Waals surface area contributed by atoms with Gasteiger partial charge in [0.05, 0.1) is 0 Å². The van der Waals surface area contributed by atoms with Crippen molar-refractivity contribution in [3.63, 3.8) is 0 Å². The molecule has 2 rings (SSSR count). The number of ether oxygens (including phenoxy) is 1. The van der Waals surface area contributed by atoms with Crippen LogP contribution in [0.1, 0.15) is 17.4 Å². The van der Waals surface area contributed by atoms with Crippen LogP contribution in [-0.4, -0.2) is 12.6 Å². The Labute approximate surface area is 113 Å². The third kappa shape index (κ3) is 4.17. The molecule has 0 aliphatic rings. The molecule has 3 heteroatoms. The molecule has 0 saturated carbocycles. The molecular formula is C15H19NOS. The zero-order valence-electron chi connectivity index (χ0n) is 10.8. The van der Waals surface area contributed by atoms with Gasteiger partial charge >= 0.3 is 0 Å². The maximum Gasteiger partial charge on any atom is 0.119 e. The van der Waals surface area contributed by atoms with E-state index in [-0.39, 0.29) is 0 Å². The van der Waals surface area contributed by atoms with E-state index in [0.717, 1.165) is 12.3 Å². The van der Waals surface area contributed by atoms with Crippen LogP contribution in [-0.2, 0) is 6.54 Å². The Kier molecular flexibility index (Phi) is 4.79. The molecule has 1 atom stereocenters. The normalized spacial score (nSPS) is 12.3. The fraction of sp³-hybridized carbons (Fsp3) is 0.333. The highest BCUT2D eigenvalue weighted by Gasteiger charge is 2.03. The molecule has 96 valence electrons. The second kappa shape index (κ2) is 6.57. The van der Waals surface area contributed by atoms with Gasteiger partial charge in [-0.05, 0) is 37.4 Å². The van der Waals surface area contributed by atoms with Crippen LogP contribution in [0.4, 0.5) is 0 Å². The first kappa shape index (κ1) is 13.1. The van der Waals surface area contributed by atoms with E-state index in [1.807, 2.05) is 12.1 Å². The molecule has 1 aromatic heterocycles. The van der Waals surface area contributed by atoms with Crippen LogP contribution in [0.2, 0.25) is 0 Å². The van der Waals surface area contributed by atoms with Crippen molar-refractivity contribution < 1.29 is 4.74 Å². The van der Waals surface area contributed by atoms with Crippen LogP contribution in [0, 0.1) is 6.92 Å². The average Bonchev–Trinajstić information content (AvgIpc) is 2.89. The van der Waals surface area contributed by atoms with E-state index in [0.29, 0.717) is 12.6 Å². The standard InChI is InChI=1S/C15H19NOS/c1-12-5-7-14(8-6-12)17-11-13(2)16-10-15-4-3-9-18-15/h3-9,13,16H,10-11H2,1-2H3. The zero-order chi connectivity index (χ0) is 12.8. The minimum Gasteiger partial charge on any atom is -0.492 e. The molecule has 1 heterocycles. The Balaban J connectivity index is 1.71. The minimum atomic E-state index is 0.341. The summed E-state index contributed by atoms with van der Waals surface area (Å²) in [4.78, 5) is 1.36. The first-order chi connectivity index (χ1) is 8.74. The summed E-state index contributed by atoms with van der Waals surface area (Å²) in [5, 5.41) is 5.55. The summed E-state index contributed by atoms with van der Waals surface area (Å²) in [7, 11) is 0. The van der Waals surface area contributed by atoms with Crippen LogP contribution in [0.15, 0.2) is 41.8 Å². The third-order valence-electron chi connectivity index (χ3n) is 2.73. The largest absolute Gasteiger partial charge is 0.492 e. The van der Waals surface area contributed by atoms with Gasteiger partial charge in [-0.2, -0.15) is 0 Å². The number of rotatable bonds is 6. The second-order valence-corrected chi connectivity index (χ2v) is 5.52. The summed E-state index contributed by atoms with van der Waals surface area (Å²) >= 11 is 1.78. The number of benzene rings is 1. The summed E-state index contributed by atoms with van der Waals surface area (Å²) in [6.07, 6.45) is 0. The highest BCUT2D eigenvalue weighted by atomic mass is 32.1. The van der Waals surface area contributed by atoms with Crippen LogP contribution >= 0.6 is 11.3 Å². The molecule has 0 bridgehead atoms. The molecule has 2 nitrogen and oxygen atoms in total. The zero-order valence-corrected chi connectivity index (χ0v) is 11.7.